The van der Waals surface area contributed by atoms with Crippen molar-refractivity contribution in [2.45, 2.75) is 0 Å². The fourth-order valence-electron chi connectivity index (χ4n) is 1.84. The van der Waals surface area contributed by atoms with Gasteiger partial charge in [0.1, 0.15) is 11.0 Å². The molecule has 0 amide bonds. The predicted octanol–water partition coefficient (Wildman–Crippen LogP) is 2.04. The molecule has 20 heavy (non-hydrogen) atoms. The molecule has 0 aliphatic carbocycles. The van der Waals surface area contributed by atoms with Gasteiger partial charge in [0.15, 0.2) is 0 Å². The van der Waals surface area contributed by atoms with Crippen molar-refractivity contribution >= 4 is 85.4 Å². The van der Waals surface area contributed by atoms with Crippen LogP contribution in [-0.2, 0) is 0 Å². The van der Waals surface area contributed by atoms with Gasteiger partial charge in [0, 0.05) is 31.9 Å². The third-order valence-corrected chi connectivity index (χ3v) is 3.90. The number of halogens is 3. The number of nitrogens with zero attached hydrogens (tertiary/aromatic N) is 2. The molecule has 2 aromatic carbocycles. The molecular weight excluding hydrogens is 609 g/mol. The van der Waals surface area contributed by atoms with Crippen LogP contribution in [0.5, 0.6) is 0 Å². The summed E-state index contributed by atoms with van der Waals surface area (Å²) in [4.78, 5) is 6.78. The Morgan fingerprint density at radius 2 is 1.55 bits per heavy atom. The topological polar surface area (TPSA) is 16.1 Å². The highest BCUT2D eigenvalue weighted by Crippen LogP contribution is 2.28. The van der Waals surface area contributed by atoms with Crippen LogP contribution in [0.1, 0.15) is 0 Å². The van der Waals surface area contributed by atoms with Crippen LogP contribution in [0.25, 0.3) is 20.4 Å². The van der Waals surface area contributed by atoms with E-state index >= 15 is 0 Å². The first-order valence-electron chi connectivity index (χ1n) is 5.54. The summed E-state index contributed by atoms with van der Waals surface area (Å²) in [6.07, 6.45) is 0. The van der Waals surface area contributed by atoms with E-state index in [0.29, 0.717) is 0 Å². The van der Waals surface area contributed by atoms with Crippen molar-refractivity contribution in [2.75, 3.05) is 19.0 Å². The molecule has 0 atom stereocenters. The summed E-state index contributed by atoms with van der Waals surface area (Å²) in [5.41, 5.74) is 3.35. The lowest BCUT2D eigenvalue weighted by atomic mass is 10.3. The molecule has 0 radical (unpaired) electrons. The zero-order valence-corrected chi connectivity index (χ0v) is 18.7. The molecule has 6 heteroatoms. The number of para-hydroxylation sites is 1. The number of hydrogen-bond acceptors (Lipinski definition) is 2. The fraction of sp³-hybridized carbons (Fsp3) is 0.143. The molecule has 0 N–H and O–H groups in total. The Morgan fingerprint density at radius 1 is 0.900 bits per heavy atom. The van der Waals surface area contributed by atoms with Gasteiger partial charge in [-0.15, -0.1) is 48.0 Å². The molecule has 0 aliphatic heterocycles. The molecule has 108 valence electrons. The first-order chi connectivity index (χ1) is 8.24. The van der Waals surface area contributed by atoms with Gasteiger partial charge in [-0.1, -0.05) is 12.1 Å². The van der Waals surface area contributed by atoms with E-state index in [0.717, 1.165) is 11.0 Å². The maximum atomic E-state index is 4.67. The van der Waals surface area contributed by atoms with Crippen LogP contribution in [0.15, 0.2) is 42.5 Å². The van der Waals surface area contributed by atoms with Gasteiger partial charge in [0.2, 0.25) is 11.3 Å². The minimum Gasteiger partial charge on any atom is -1.00 e. The van der Waals surface area contributed by atoms with Gasteiger partial charge in [-0.2, -0.15) is 0 Å². The zero-order chi connectivity index (χ0) is 11.8. The van der Waals surface area contributed by atoms with E-state index in [1.807, 2.05) is 6.07 Å². The monoisotopic (exact) mass is 624 g/mol. The molecule has 0 bridgehead atoms. The molecule has 3 rings (SSSR count). The Hall–Kier alpha value is 0.450. The Labute approximate surface area is 174 Å². The second kappa shape index (κ2) is 8.79. The van der Waals surface area contributed by atoms with Crippen molar-refractivity contribution in [3.63, 3.8) is 0 Å². The Morgan fingerprint density at radius 3 is 2.25 bits per heavy atom. The molecule has 0 unspecified atom stereocenters. The number of hydrogen-bond donors (Lipinski definition) is 0. The van der Waals surface area contributed by atoms with E-state index in [4.69, 9.17) is 0 Å². The summed E-state index contributed by atoms with van der Waals surface area (Å²) < 4.78 is 2.46. The third kappa shape index (κ3) is 4.23. The maximum absolute atomic E-state index is 4.67. The quantitative estimate of drug-likeness (QED) is 0.235. The first kappa shape index (κ1) is 20.5. The molecule has 0 aliphatic rings. The van der Waals surface area contributed by atoms with Gasteiger partial charge in [-0.25, -0.2) is 4.98 Å². The van der Waals surface area contributed by atoms with Crippen molar-refractivity contribution in [3.8, 4) is 0 Å². The van der Waals surface area contributed by atoms with Crippen LogP contribution in [0.3, 0.4) is 0 Å². The van der Waals surface area contributed by atoms with Gasteiger partial charge in [0.25, 0.3) is 9.40 Å². The number of benzene rings is 2. The van der Waals surface area contributed by atoms with Crippen LogP contribution in [-0.4, -0.2) is 19.1 Å². The van der Waals surface area contributed by atoms with Crippen molar-refractivity contribution in [1.82, 2.24) is 4.98 Å². The lowest BCUT2D eigenvalue weighted by Crippen LogP contribution is -3.00. The molecule has 3 aromatic rings. The first-order valence-corrected chi connectivity index (χ1v) is 6.36. The van der Waals surface area contributed by atoms with Crippen molar-refractivity contribution in [1.29, 1.82) is 0 Å². The van der Waals surface area contributed by atoms with E-state index in [2.05, 4.69) is 60.4 Å². The van der Waals surface area contributed by atoms with Crippen molar-refractivity contribution in [3.05, 3.63) is 42.5 Å². The number of rotatable bonds is 1. The number of fused-ring (bicyclic) bond motifs is 2. The summed E-state index contributed by atoms with van der Waals surface area (Å²) >= 11 is 1.79. The summed E-state index contributed by atoms with van der Waals surface area (Å²) in [6, 6.07) is 14.7. The summed E-state index contributed by atoms with van der Waals surface area (Å²) in [5.74, 6) is 0. The molecule has 0 fully saturated rings. The van der Waals surface area contributed by atoms with Crippen molar-refractivity contribution in [2.24, 2.45) is 0 Å². The van der Waals surface area contributed by atoms with Crippen LogP contribution in [0.2, 0.25) is 0 Å². The van der Waals surface area contributed by atoms with E-state index < -0.39 is 0 Å². The van der Waals surface area contributed by atoms with E-state index in [1.165, 1.54) is 15.1 Å². The third-order valence-electron chi connectivity index (χ3n) is 2.79. The van der Waals surface area contributed by atoms with Gasteiger partial charge in [-0.05, 0) is 18.2 Å². The van der Waals surface area contributed by atoms with Crippen LogP contribution < -0.4 is 28.9 Å². The minimum atomic E-state index is 0. The standard InChI is InChI=1S/C14H13N2S.3HI/c1-16(2)10-7-8-12-14(9-10)17-13-6-4-3-5-11(13)15-12;;;/h3-9H,1-2H3;3*1H/q+1;;;/p-1. The van der Waals surface area contributed by atoms with Gasteiger partial charge < -0.3 is 28.9 Å². The lowest BCUT2D eigenvalue weighted by Gasteiger charge is -2.10. The van der Waals surface area contributed by atoms with Crippen LogP contribution in [0, 0.1) is 0 Å². The average Bonchev–Trinajstić information content (AvgIpc) is 2.35. The fourth-order valence-corrected chi connectivity index (χ4v) is 2.84. The summed E-state index contributed by atoms with van der Waals surface area (Å²) in [7, 11) is 4.11. The zero-order valence-electron chi connectivity index (χ0n) is 11.0. The molecular formula is C14H15I3N2S. The molecule has 1 heterocycles. The SMILES string of the molecule is CN(C)c1ccc2nc3ccccc3[s+]c2c1.I.I.[I-]. The van der Waals surface area contributed by atoms with Crippen LogP contribution in [0.4, 0.5) is 5.69 Å². The number of anilines is 1. The van der Waals surface area contributed by atoms with Gasteiger partial charge >= 0.3 is 0 Å². The number of aromatic nitrogens is 1. The molecule has 1 aromatic heterocycles. The van der Waals surface area contributed by atoms with Gasteiger partial charge in [-0.3, -0.25) is 0 Å². The second-order valence-electron chi connectivity index (χ2n) is 4.23. The van der Waals surface area contributed by atoms with E-state index in [-0.39, 0.29) is 71.9 Å². The highest BCUT2D eigenvalue weighted by molar-refractivity contribution is 14.0. The Kier molecular flexibility index (Phi) is 8.98. The maximum Gasteiger partial charge on any atom is 0.259 e. The van der Waals surface area contributed by atoms with Gasteiger partial charge in [0.05, 0.1) is 0 Å². The smallest absolute Gasteiger partial charge is 0.259 e. The van der Waals surface area contributed by atoms with Crippen molar-refractivity contribution < 1.29 is 24.0 Å². The van der Waals surface area contributed by atoms with Crippen LogP contribution >= 0.6 is 59.3 Å². The Balaban J connectivity index is 0.00000120. The second-order valence-corrected chi connectivity index (χ2v) is 5.31. The largest absolute Gasteiger partial charge is 1.00 e. The molecule has 2 nitrogen and oxygen atoms in total. The van der Waals surface area contributed by atoms with E-state index in [9.17, 15) is 0 Å². The summed E-state index contributed by atoms with van der Waals surface area (Å²) in [6.45, 7) is 0. The minimum absolute atomic E-state index is 0. The summed E-state index contributed by atoms with van der Waals surface area (Å²) in [5, 5.41) is 0. The highest BCUT2D eigenvalue weighted by atomic mass is 127. The van der Waals surface area contributed by atoms with E-state index in [1.54, 1.807) is 11.3 Å². The normalized spacial score (nSPS) is 9.30. The molecule has 0 spiro atoms. The molecule has 0 saturated heterocycles. The predicted molar refractivity (Wildman–Crippen MR) is 107 cm³/mol. The Bertz CT molecular complexity index is 704. The highest BCUT2D eigenvalue weighted by Gasteiger charge is 2.12. The average molecular weight is 624 g/mol. The lowest BCUT2D eigenvalue weighted by molar-refractivity contribution is -0.00000349. The molecule has 0 saturated carbocycles.